The maximum Gasteiger partial charge on any atom is 0.213 e. The second-order valence-corrected chi connectivity index (χ2v) is 4.58. The van der Waals surface area contributed by atoms with Crippen molar-refractivity contribution in [3.05, 3.63) is 16.4 Å². The van der Waals surface area contributed by atoms with Crippen molar-refractivity contribution in [1.82, 2.24) is 9.78 Å². The van der Waals surface area contributed by atoms with Gasteiger partial charge < -0.3 is 5.11 Å². The lowest BCUT2D eigenvalue weighted by Gasteiger charge is -2.23. The highest BCUT2D eigenvalue weighted by Crippen LogP contribution is 2.25. The first-order chi connectivity index (χ1) is 7.50. The van der Waals surface area contributed by atoms with Gasteiger partial charge in [-0.05, 0) is 35.7 Å². The van der Waals surface area contributed by atoms with Crippen molar-refractivity contribution in [2.75, 3.05) is 0 Å². The summed E-state index contributed by atoms with van der Waals surface area (Å²) in [6.07, 6.45) is 2.40. The summed E-state index contributed by atoms with van der Waals surface area (Å²) >= 11 is 3.29. The van der Waals surface area contributed by atoms with Gasteiger partial charge in [0.05, 0.1) is 10.7 Å². The number of nitrogens with zero attached hydrogens (tertiary/aromatic N) is 2. The highest BCUT2D eigenvalue weighted by molar-refractivity contribution is 9.10. The third kappa shape index (κ3) is 2.20. The lowest BCUT2D eigenvalue weighted by Crippen LogP contribution is -2.38. The van der Waals surface area contributed by atoms with Crippen LogP contribution in [0.25, 0.3) is 0 Å². The van der Waals surface area contributed by atoms with E-state index in [2.05, 4.69) is 21.0 Å². The number of Topliss-reactive ketones (excluding diaryl/α,β-unsaturated/α-hetero) is 1. The largest absolute Gasteiger partial charge is 0.382 e. The van der Waals surface area contributed by atoms with Gasteiger partial charge >= 0.3 is 0 Å². The van der Waals surface area contributed by atoms with Crippen LogP contribution in [0, 0.1) is 0 Å². The van der Waals surface area contributed by atoms with Crippen LogP contribution in [-0.2, 0) is 6.54 Å². The molecule has 1 heterocycles. The Balaban J connectivity index is 3.18. The lowest BCUT2D eigenvalue weighted by atomic mass is 9.90. The van der Waals surface area contributed by atoms with Gasteiger partial charge in [-0.15, -0.1) is 0 Å². The normalized spacial score (nSPS) is 11.8. The van der Waals surface area contributed by atoms with Gasteiger partial charge in [-0.25, -0.2) is 0 Å². The van der Waals surface area contributed by atoms with E-state index in [0.29, 0.717) is 29.6 Å². The van der Waals surface area contributed by atoms with E-state index < -0.39 is 5.60 Å². The van der Waals surface area contributed by atoms with Gasteiger partial charge in [-0.2, -0.15) is 5.10 Å². The smallest absolute Gasteiger partial charge is 0.213 e. The first-order valence-electron chi connectivity index (χ1n) is 5.48. The van der Waals surface area contributed by atoms with Crippen molar-refractivity contribution in [2.24, 2.45) is 0 Å². The molecule has 1 aromatic rings. The van der Waals surface area contributed by atoms with E-state index in [4.69, 9.17) is 0 Å². The Kier molecular flexibility index (Phi) is 4.27. The molecule has 1 rings (SSSR count). The Labute approximate surface area is 104 Å². The number of aromatic nitrogens is 2. The molecule has 5 heteroatoms. The molecule has 90 valence electrons. The van der Waals surface area contributed by atoms with E-state index in [0.717, 1.165) is 0 Å². The Morgan fingerprint density at radius 2 is 2.06 bits per heavy atom. The third-order valence-electron chi connectivity index (χ3n) is 2.90. The van der Waals surface area contributed by atoms with Crippen molar-refractivity contribution in [1.29, 1.82) is 0 Å². The zero-order chi connectivity index (χ0) is 12.3. The molecule has 0 saturated heterocycles. The molecule has 0 atom stereocenters. The predicted molar refractivity (Wildman–Crippen MR) is 65.5 cm³/mol. The van der Waals surface area contributed by atoms with Gasteiger partial charge in [0.15, 0.2) is 0 Å². The lowest BCUT2D eigenvalue weighted by molar-refractivity contribution is 0.0266. The van der Waals surface area contributed by atoms with Crippen molar-refractivity contribution < 1.29 is 9.90 Å². The standard InChI is InChI=1S/C11H17BrN2O2/c1-4-11(16,5-2)10(15)9-8(12)7-13-14(9)6-3/h7,16H,4-6H2,1-3H3. The van der Waals surface area contributed by atoms with Gasteiger partial charge in [-0.1, -0.05) is 13.8 Å². The fourth-order valence-corrected chi connectivity index (χ4v) is 2.10. The fourth-order valence-electron chi connectivity index (χ4n) is 1.62. The van der Waals surface area contributed by atoms with Crippen molar-refractivity contribution in [3.8, 4) is 0 Å². The highest BCUT2D eigenvalue weighted by atomic mass is 79.9. The molecule has 0 aromatic carbocycles. The Morgan fingerprint density at radius 3 is 2.50 bits per heavy atom. The maximum absolute atomic E-state index is 12.2. The summed E-state index contributed by atoms with van der Waals surface area (Å²) in [6.45, 7) is 6.13. The minimum atomic E-state index is -1.28. The summed E-state index contributed by atoms with van der Waals surface area (Å²) in [4.78, 5) is 12.2. The number of aliphatic hydroxyl groups is 1. The second-order valence-electron chi connectivity index (χ2n) is 3.72. The summed E-state index contributed by atoms with van der Waals surface area (Å²) in [5.41, 5.74) is -0.830. The van der Waals surface area contributed by atoms with Gasteiger partial charge in [0.25, 0.3) is 0 Å². The van der Waals surface area contributed by atoms with Crippen LogP contribution < -0.4 is 0 Å². The van der Waals surface area contributed by atoms with E-state index in [1.54, 1.807) is 10.9 Å². The summed E-state index contributed by atoms with van der Waals surface area (Å²) in [6, 6.07) is 0. The van der Waals surface area contributed by atoms with Crippen LogP contribution in [0.3, 0.4) is 0 Å². The fraction of sp³-hybridized carbons (Fsp3) is 0.636. The first-order valence-corrected chi connectivity index (χ1v) is 6.27. The SMILES string of the molecule is CCn1ncc(Br)c1C(=O)C(O)(CC)CC. The number of hydrogen-bond acceptors (Lipinski definition) is 3. The minimum Gasteiger partial charge on any atom is -0.382 e. The number of carbonyl (C=O) groups excluding carboxylic acids is 1. The van der Waals surface area contributed by atoms with Crippen LogP contribution in [0.5, 0.6) is 0 Å². The molecule has 0 radical (unpaired) electrons. The van der Waals surface area contributed by atoms with Crippen LogP contribution in [-0.4, -0.2) is 26.3 Å². The molecule has 0 bridgehead atoms. The number of hydrogen-bond donors (Lipinski definition) is 1. The van der Waals surface area contributed by atoms with E-state index in [-0.39, 0.29) is 5.78 Å². The Hall–Kier alpha value is -0.680. The van der Waals surface area contributed by atoms with Gasteiger partial charge in [0.1, 0.15) is 11.3 Å². The van der Waals surface area contributed by atoms with Crippen molar-refractivity contribution >= 4 is 21.7 Å². The van der Waals surface area contributed by atoms with Gasteiger partial charge in [0.2, 0.25) is 5.78 Å². The molecule has 0 fully saturated rings. The van der Waals surface area contributed by atoms with Crippen LogP contribution in [0.4, 0.5) is 0 Å². The molecule has 0 spiro atoms. The molecule has 1 N–H and O–H groups in total. The van der Waals surface area contributed by atoms with E-state index in [1.165, 1.54) is 0 Å². The second kappa shape index (κ2) is 5.10. The number of halogens is 1. The van der Waals surface area contributed by atoms with Crippen LogP contribution >= 0.6 is 15.9 Å². The summed E-state index contributed by atoms with van der Waals surface area (Å²) in [7, 11) is 0. The maximum atomic E-state index is 12.2. The average Bonchev–Trinajstić information content (AvgIpc) is 2.68. The van der Waals surface area contributed by atoms with E-state index >= 15 is 0 Å². The topological polar surface area (TPSA) is 55.1 Å². The number of ketones is 1. The molecule has 0 aliphatic rings. The zero-order valence-electron chi connectivity index (χ0n) is 9.83. The Bertz CT molecular complexity index is 383. The van der Waals surface area contributed by atoms with Crippen LogP contribution in [0.15, 0.2) is 10.7 Å². The molecule has 0 unspecified atom stereocenters. The minimum absolute atomic E-state index is 0.260. The molecule has 0 amide bonds. The quantitative estimate of drug-likeness (QED) is 0.847. The number of carbonyl (C=O) groups is 1. The molecule has 16 heavy (non-hydrogen) atoms. The van der Waals surface area contributed by atoms with Gasteiger partial charge in [-0.3, -0.25) is 9.48 Å². The third-order valence-corrected chi connectivity index (χ3v) is 3.48. The van der Waals surface area contributed by atoms with E-state index in [1.807, 2.05) is 20.8 Å². The highest BCUT2D eigenvalue weighted by Gasteiger charge is 2.35. The molecule has 4 nitrogen and oxygen atoms in total. The van der Waals surface area contributed by atoms with Crippen molar-refractivity contribution in [3.63, 3.8) is 0 Å². The van der Waals surface area contributed by atoms with Crippen molar-refractivity contribution in [2.45, 2.75) is 45.8 Å². The Morgan fingerprint density at radius 1 is 1.50 bits per heavy atom. The summed E-state index contributed by atoms with van der Waals surface area (Å²) < 4.78 is 2.24. The molecular formula is C11H17BrN2O2. The zero-order valence-corrected chi connectivity index (χ0v) is 11.4. The summed E-state index contributed by atoms with van der Waals surface area (Å²) in [5, 5.41) is 14.3. The molecule has 1 aromatic heterocycles. The average molecular weight is 289 g/mol. The monoisotopic (exact) mass is 288 g/mol. The van der Waals surface area contributed by atoms with Gasteiger partial charge in [0, 0.05) is 6.54 Å². The molecule has 0 aliphatic carbocycles. The molecule has 0 aliphatic heterocycles. The first kappa shape index (κ1) is 13.4. The van der Waals surface area contributed by atoms with Crippen LogP contribution in [0.2, 0.25) is 0 Å². The van der Waals surface area contributed by atoms with E-state index in [9.17, 15) is 9.90 Å². The predicted octanol–water partition coefficient (Wildman–Crippen LogP) is 2.40. The number of rotatable bonds is 5. The van der Waals surface area contributed by atoms with Crippen LogP contribution in [0.1, 0.15) is 44.1 Å². The summed E-state index contributed by atoms with van der Waals surface area (Å²) in [5.74, 6) is -0.260. The molecular weight excluding hydrogens is 272 g/mol. The number of aryl methyl sites for hydroxylation is 1. The molecule has 0 saturated carbocycles.